The molecule has 1 N–H and O–H groups in total. The van der Waals surface area contributed by atoms with Crippen LogP contribution in [-0.2, 0) is 19.0 Å². The van der Waals surface area contributed by atoms with Gasteiger partial charge in [-0.05, 0) is 20.8 Å². The highest BCUT2D eigenvalue weighted by Crippen LogP contribution is 2.30. The third-order valence-corrected chi connectivity index (χ3v) is 2.65. The second-order valence-electron chi connectivity index (χ2n) is 4.77. The standard InChI is InChI=1S/C13H20O5/c1-9-11(18-13(2,3)17-9)8-10(14)6-5-7-12(15)16-4/h9-11,14H,6,8H2,1-4H3/t9-,10+,11-/m1/s1. The zero-order valence-electron chi connectivity index (χ0n) is 11.2. The minimum absolute atomic E-state index is 0.0665. The predicted molar refractivity (Wildman–Crippen MR) is 64.5 cm³/mol. The Hall–Kier alpha value is -1.09. The molecule has 0 aliphatic carbocycles. The van der Waals surface area contributed by atoms with Gasteiger partial charge in [-0.3, -0.25) is 0 Å². The van der Waals surface area contributed by atoms with E-state index >= 15 is 0 Å². The zero-order chi connectivity index (χ0) is 13.8. The summed E-state index contributed by atoms with van der Waals surface area (Å²) in [6.45, 7) is 5.59. The van der Waals surface area contributed by atoms with Crippen molar-refractivity contribution in [3.63, 3.8) is 0 Å². The minimum atomic E-state index is -0.646. The molecular formula is C13H20O5. The smallest absolute Gasteiger partial charge is 0.384 e. The summed E-state index contributed by atoms with van der Waals surface area (Å²) >= 11 is 0. The molecule has 0 spiro atoms. The third kappa shape index (κ3) is 4.65. The largest absolute Gasteiger partial charge is 0.459 e. The lowest BCUT2D eigenvalue weighted by atomic mass is 10.1. The quantitative estimate of drug-likeness (QED) is 0.460. The molecule has 0 aromatic heterocycles. The monoisotopic (exact) mass is 256 g/mol. The van der Waals surface area contributed by atoms with Gasteiger partial charge in [0.15, 0.2) is 5.79 Å². The van der Waals surface area contributed by atoms with Crippen LogP contribution in [0, 0.1) is 11.8 Å². The van der Waals surface area contributed by atoms with Gasteiger partial charge in [0.1, 0.15) is 0 Å². The molecule has 1 heterocycles. The number of hydrogen-bond donors (Lipinski definition) is 1. The Morgan fingerprint density at radius 3 is 2.67 bits per heavy atom. The van der Waals surface area contributed by atoms with E-state index in [9.17, 15) is 9.90 Å². The lowest BCUT2D eigenvalue weighted by molar-refractivity contribution is -0.147. The fourth-order valence-corrected chi connectivity index (χ4v) is 1.89. The molecule has 1 aliphatic heterocycles. The van der Waals surface area contributed by atoms with E-state index in [1.807, 2.05) is 20.8 Å². The number of ether oxygens (including phenoxy) is 3. The maximum atomic E-state index is 10.8. The van der Waals surface area contributed by atoms with Crippen LogP contribution in [0.5, 0.6) is 0 Å². The first-order valence-electron chi connectivity index (χ1n) is 5.94. The van der Waals surface area contributed by atoms with Crippen LogP contribution >= 0.6 is 0 Å². The molecule has 0 radical (unpaired) electrons. The lowest BCUT2D eigenvalue weighted by Gasteiger charge is -2.18. The topological polar surface area (TPSA) is 65.0 Å². The van der Waals surface area contributed by atoms with Gasteiger partial charge in [-0.15, -0.1) is 0 Å². The van der Waals surface area contributed by atoms with Crippen molar-refractivity contribution in [2.24, 2.45) is 0 Å². The molecule has 3 atom stereocenters. The van der Waals surface area contributed by atoms with Crippen LogP contribution in [0.1, 0.15) is 33.6 Å². The molecule has 0 aromatic rings. The summed E-state index contributed by atoms with van der Waals surface area (Å²) in [5.41, 5.74) is 0. The molecule has 1 saturated heterocycles. The number of hydrogen-bond acceptors (Lipinski definition) is 5. The van der Waals surface area contributed by atoms with E-state index in [4.69, 9.17) is 9.47 Å². The average molecular weight is 256 g/mol. The predicted octanol–water partition coefficient (Wildman–Crippen LogP) is 0.844. The average Bonchev–Trinajstić information content (AvgIpc) is 2.51. The summed E-state index contributed by atoms with van der Waals surface area (Å²) in [6.07, 6.45) is -0.229. The van der Waals surface area contributed by atoms with Gasteiger partial charge in [-0.25, -0.2) is 4.79 Å². The molecule has 0 aromatic carbocycles. The van der Waals surface area contributed by atoms with E-state index in [2.05, 4.69) is 16.6 Å². The van der Waals surface area contributed by atoms with Gasteiger partial charge in [-0.2, -0.15) is 0 Å². The van der Waals surface area contributed by atoms with E-state index in [0.29, 0.717) is 6.42 Å². The molecule has 18 heavy (non-hydrogen) atoms. The number of aliphatic hydroxyl groups excluding tert-OH is 1. The Kier molecular flexibility index (Phi) is 5.15. The summed E-state index contributed by atoms with van der Waals surface area (Å²) in [5, 5.41) is 9.79. The molecule has 102 valence electrons. The number of rotatable bonds is 3. The maximum Gasteiger partial charge on any atom is 0.384 e. The van der Waals surface area contributed by atoms with Crippen LogP contribution in [0.3, 0.4) is 0 Å². The molecule has 0 amide bonds. The molecule has 0 bridgehead atoms. The Morgan fingerprint density at radius 2 is 2.17 bits per heavy atom. The highest BCUT2D eigenvalue weighted by atomic mass is 16.7. The van der Waals surface area contributed by atoms with Crippen molar-refractivity contribution in [1.82, 2.24) is 0 Å². The lowest BCUT2D eigenvalue weighted by Crippen LogP contribution is -2.25. The van der Waals surface area contributed by atoms with Crippen LogP contribution in [0.25, 0.3) is 0 Å². The maximum absolute atomic E-state index is 10.8. The first-order chi connectivity index (χ1) is 8.34. The van der Waals surface area contributed by atoms with Gasteiger partial charge in [0.25, 0.3) is 0 Å². The minimum Gasteiger partial charge on any atom is -0.459 e. The van der Waals surface area contributed by atoms with Gasteiger partial charge >= 0.3 is 5.97 Å². The van der Waals surface area contributed by atoms with Crippen LogP contribution < -0.4 is 0 Å². The molecule has 5 nitrogen and oxygen atoms in total. The van der Waals surface area contributed by atoms with Crippen LogP contribution in [0.15, 0.2) is 0 Å². The van der Waals surface area contributed by atoms with Gasteiger partial charge < -0.3 is 19.3 Å². The van der Waals surface area contributed by atoms with Crippen molar-refractivity contribution in [3.05, 3.63) is 0 Å². The summed E-state index contributed by atoms with van der Waals surface area (Å²) in [6, 6.07) is 0. The van der Waals surface area contributed by atoms with Gasteiger partial charge in [0.2, 0.25) is 0 Å². The number of carbonyl (C=O) groups excluding carboxylic acids is 1. The molecule has 5 heteroatoms. The first-order valence-corrected chi connectivity index (χ1v) is 5.94. The third-order valence-electron chi connectivity index (χ3n) is 2.65. The van der Waals surface area contributed by atoms with Crippen molar-refractivity contribution < 1.29 is 24.1 Å². The van der Waals surface area contributed by atoms with Crippen molar-refractivity contribution >= 4 is 5.97 Å². The summed E-state index contributed by atoms with van der Waals surface area (Å²) in [5.74, 6) is 3.64. The van der Waals surface area contributed by atoms with Crippen molar-refractivity contribution in [1.29, 1.82) is 0 Å². The van der Waals surface area contributed by atoms with Crippen molar-refractivity contribution in [2.75, 3.05) is 7.11 Å². The molecule has 0 unspecified atom stereocenters. The Bertz CT molecular complexity index is 352. The molecule has 0 saturated carbocycles. The van der Waals surface area contributed by atoms with E-state index in [-0.39, 0.29) is 18.6 Å². The summed E-state index contributed by atoms with van der Waals surface area (Å²) in [4.78, 5) is 10.8. The van der Waals surface area contributed by atoms with Crippen molar-refractivity contribution in [2.45, 2.75) is 57.7 Å². The number of esters is 1. The van der Waals surface area contributed by atoms with Gasteiger partial charge in [0.05, 0.1) is 25.4 Å². The molecular weight excluding hydrogens is 236 g/mol. The molecule has 1 aliphatic rings. The number of aliphatic hydroxyl groups is 1. The van der Waals surface area contributed by atoms with E-state index in [1.54, 1.807) is 0 Å². The Labute approximate surface area is 107 Å². The van der Waals surface area contributed by atoms with Gasteiger partial charge in [0, 0.05) is 18.8 Å². The highest BCUT2D eigenvalue weighted by molar-refractivity contribution is 5.88. The first kappa shape index (κ1) is 15.0. The Morgan fingerprint density at radius 1 is 1.50 bits per heavy atom. The zero-order valence-corrected chi connectivity index (χ0v) is 11.2. The van der Waals surface area contributed by atoms with Crippen LogP contribution in [-0.4, -0.2) is 42.3 Å². The molecule has 1 fully saturated rings. The van der Waals surface area contributed by atoms with Crippen LogP contribution in [0.4, 0.5) is 0 Å². The summed E-state index contributed by atoms with van der Waals surface area (Å²) in [7, 11) is 1.26. The summed E-state index contributed by atoms with van der Waals surface area (Å²) < 4.78 is 15.6. The van der Waals surface area contributed by atoms with Gasteiger partial charge in [-0.1, -0.05) is 5.92 Å². The second-order valence-corrected chi connectivity index (χ2v) is 4.77. The Balaban J connectivity index is 2.38. The van der Waals surface area contributed by atoms with E-state index in [0.717, 1.165) is 0 Å². The van der Waals surface area contributed by atoms with Crippen LogP contribution in [0.2, 0.25) is 0 Å². The molecule has 1 rings (SSSR count). The highest BCUT2D eigenvalue weighted by Gasteiger charge is 2.39. The fourth-order valence-electron chi connectivity index (χ4n) is 1.89. The normalized spacial score (nSPS) is 27.2. The second kappa shape index (κ2) is 6.19. The van der Waals surface area contributed by atoms with E-state index < -0.39 is 17.9 Å². The number of methoxy groups -OCH3 is 1. The number of carbonyl (C=O) groups is 1. The van der Waals surface area contributed by atoms with Crippen molar-refractivity contribution in [3.8, 4) is 11.8 Å². The van der Waals surface area contributed by atoms with E-state index in [1.165, 1.54) is 7.11 Å². The fraction of sp³-hybridized carbons (Fsp3) is 0.769. The SMILES string of the molecule is COC(=O)C#CC[C@H](O)C[C@H]1OC(C)(C)O[C@@H]1C.